The van der Waals surface area contributed by atoms with Gasteiger partial charge in [0.15, 0.2) is 0 Å². The molecule has 2 aromatic rings. The van der Waals surface area contributed by atoms with Crippen LogP contribution in [0.25, 0.3) is 10.9 Å². The van der Waals surface area contributed by atoms with Crippen LogP contribution in [0.4, 0.5) is 0 Å². The molecule has 104 valence electrons. The first-order valence-corrected chi connectivity index (χ1v) is 7.43. The van der Waals surface area contributed by atoms with Crippen molar-refractivity contribution in [2.75, 3.05) is 0 Å². The number of fused-ring (bicyclic) bond motifs is 1. The van der Waals surface area contributed by atoms with Crippen LogP contribution < -0.4 is 5.32 Å². The molecule has 0 radical (unpaired) electrons. The van der Waals surface area contributed by atoms with E-state index in [2.05, 4.69) is 43.3 Å². The van der Waals surface area contributed by atoms with E-state index in [1.165, 1.54) is 23.8 Å². The monoisotopic (exact) mass is 278 g/mol. The van der Waals surface area contributed by atoms with Gasteiger partial charge in [-0.3, -0.25) is 0 Å². The summed E-state index contributed by atoms with van der Waals surface area (Å²) in [5.41, 5.74) is 2.42. The highest BCUT2D eigenvalue weighted by atomic mass is 35.5. The van der Waals surface area contributed by atoms with Gasteiger partial charge in [0.1, 0.15) is 0 Å². The minimum absolute atomic E-state index is 0.555. The third-order valence-corrected chi connectivity index (χ3v) is 3.78. The molecule has 0 aliphatic carbocycles. The van der Waals surface area contributed by atoms with E-state index >= 15 is 0 Å². The van der Waals surface area contributed by atoms with Crippen molar-refractivity contribution in [1.82, 2.24) is 10.3 Å². The maximum Gasteiger partial charge on any atom is 0.0472 e. The quantitative estimate of drug-likeness (QED) is 0.785. The zero-order valence-electron chi connectivity index (χ0n) is 12.0. The number of aromatic amines is 1. The van der Waals surface area contributed by atoms with Gasteiger partial charge in [0, 0.05) is 34.7 Å². The van der Waals surface area contributed by atoms with E-state index < -0.39 is 0 Å². The molecule has 0 saturated carbocycles. The van der Waals surface area contributed by atoms with Crippen LogP contribution in [0.2, 0.25) is 5.02 Å². The summed E-state index contributed by atoms with van der Waals surface area (Å²) in [6, 6.07) is 6.57. The molecule has 2 rings (SSSR count). The SMILES string of the molecule is CC(C)CCC(C)NCc1c[nH]c2cc(Cl)ccc12. The van der Waals surface area contributed by atoms with Gasteiger partial charge in [-0.15, -0.1) is 0 Å². The van der Waals surface area contributed by atoms with Crippen molar-refractivity contribution in [1.29, 1.82) is 0 Å². The van der Waals surface area contributed by atoms with Gasteiger partial charge in [-0.25, -0.2) is 0 Å². The Morgan fingerprint density at radius 1 is 1.21 bits per heavy atom. The molecule has 0 fully saturated rings. The Morgan fingerprint density at radius 3 is 2.74 bits per heavy atom. The van der Waals surface area contributed by atoms with Crippen molar-refractivity contribution in [3.05, 3.63) is 35.0 Å². The minimum atomic E-state index is 0.555. The summed E-state index contributed by atoms with van der Waals surface area (Å²) in [5.74, 6) is 0.777. The smallest absolute Gasteiger partial charge is 0.0472 e. The van der Waals surface area contributed by atoms with Crippen LogP contribution in [0.5, 0.6) is 0 Å². The molecule has 2 N–H and O–H groups in total. The molecule has 1 atom stereocenters. The number of nitrogens with one attached hydrogen (secondary N) is 2. The number of rotatable bonds is 6. The second-order valence-electron chi connectivity index (χ2n) is 5.76. The summed E-state index contributed by atoms with van der Waals surface area (Å²) in [5, 5.41) is 5.63. The summed E-state index contributed by atoms with van der Waals surface area (Å²) >= 11 is 5.99. The second-order valence-corrected chi connectivity index (χ2v) is 6.19. The molecule has 1 heterocycles. The highest BCUT2D eigenvalue weighted by Gasteiger charge is 2.07. The molecule has 0 aliphatic heterocycles. The Balaban J connectivity index is 1.94. The number of halogens is 1. The van der Waals surface area contributed by atoms with Crippen molar-refractivity contribution >= 4 is 22.5 Å². The summed E-state index contributed by atoms with van der Waals surface area (Å²) < 4.78 is 0. The van der Waals surface area contributed by atoms with Gasteiger partial charge in [0.25, 0.3) is 0 Å². The highest BCUT2D eigenvalue weighted by molar-refractivity contribution is 6.31. The average Bonchev–Trinajstić information content (AvgIpc) is 2.76. The molecule has 3 heteroatoms. The summed E-state index contributed by atoms with van der Waals surface area (Å²) in [4.78, 5) is 3.28. The third kappa shape index (κ3) is 3.99. The molecule has 0 bridgehead atoms. The second kappa shape index (κ2) is 6.44. The molecule has 1 unspecified atom stereocenters. The van der Waals surface area contributed by atoms with Crippen LogP contribution in [0, 0.1) is 5.92 Å². The van der Waals surface area contributed by atoms with E-state index in [-0.39, 0.29) is 0 Å². The lowest BCUT2D eigenvalue weighted by atomic mass is 10.0. The molecular formula is C16H23ClN2. The maximum atomic E-state index is 5.99. The van der Waals surface area contributed by atoms with Crippen molar-refractivity contribution in [3.8, 4) is 0 Å². The van der Waals surface area contributed by atoms with E-state index in [0.29, 0.717) is 6.04 Å². The van der Waals surface area contributed by atoms with E-state index in [1.807, 2.05) is 12.1 Å². The summed E-state index contributed by atoms with van der Waals surface area (Å²) in [7, 11) is 0. The number of aromatic nitrogens is 1. The first-order chi connectivity index (χ1) is 9.06. The normalized spacial score (nSPS) is 13.3. The van der Waals surface area contributed by atoms with Gasteiger partial charge < -0.3 is 10.3 Å². The molecule has 0 aliphatic rings. The number of benzene rings is 1. The van der Waals surface area contributed by atoms with Crippen LogP contribution in [-0.4, -0.2) is 11.0 Å². The Morgan fingerprint density at radius 2 is 2.00 bits per heavy atom. The van der Waals surface area contributed by atoms with Crippen LogP contribution in [-0.2, 0) is 6.54 Å². The highest BCUT2D eigenvalue weighted by Crippen LogP contribution is 2.22. The lowest BCUT2D eigenvalue weighted by Gasteiger charge is -2.14. The Bertz CT molecular complexity index is 531. The summed E-state index contributed by atoms with van der Waals surface area (Å²) in [6.07, 6.45) is 4.58. The van der Waals surface area contributed by atoms with E-state index in [4.69, 9.17) is 11.6 Å². The lowest BCUT2D eigenvalue weighted by Crippen LogP contribution is -2.25. The molecule has 0 spiro atoms. The predicted molar refractivity (Wildman–Crippen MR) is 83.7 cm³/mol. The molecule has 1 aromatic carbocycles. The predicted octanol–water partition coefficient (Wildman–Crippen LogP) is 4.74. The van der Waals surface area contributed by atoms with Crippen molar-refractivity contribution in [3.63, 3.8) is 0 Å². The molecular weight excluding hydrogens is 256 g/mol. The topological polar surface area (TPSA) is 27.8 Å². The maximum absolute atomic E-state index is 5.99. The molecule has 1 aromatic heterocycles. The van der Waals surface area contributed by atoms with Crippen LogP contribution in [0.1, 0.15) is 39.2 Å². The first-order valence-electron chi connectivity index (χ1n) is 7.05. The Kier molecular flexibility index (Phi) is 4.89. The van der Waals surface area contributed by atoms with Gasteiger partial charge in [-0.05, 0) is 43.4 Å². The fourth-order valence-electron chi connectivity index (χ4n) is 2.27. The molecule has 0 amide bonds. The molecule has 19 heavy (non-hydrogen) atoms. The van der Waals surface area contributed by atoms with E-state index in [0.717, 1.165) is 23.0 Å². The fraction of sp³-hybridized carbons (Fsp3) is 0.500. The van der Waals surface area contributed by atoms with E-state index in [1.54, 1.807) is 0 Å². The molecule has 0 saturated heterocycles. The Hall–Kier alpha value is -0.990. The molecule has 2 nitrogen and oxygen atoms in total. The largest absolute Gasteiger partial charge is 0.361 e. The van der Waals surface area contributed by atoms with E-state index in [9.17, 15) is 0 Å². The van der Waals surface area contributed by atoms with Crippen molar-refractivity contribution in [2.24, 2.45) is 5.92 Å². The zero-order chi connectivity index (χ0) is 13.8. The standard InChI is InChI=1S/C16H23ClN2/c1-11(2)4-5-12(3)18-9-13-10-19-16-8-14(17)6-7-15(13)16/h6-8,10-12,18-19H,4-5,9H2,1-3H3. The van der Waals surface area contributed by atoms with Crippen molar-refractivity contribution in [2.45, 2.75) is 46.2 Å². The third-order valence-electron chi connectivity index (χ3n) is 3.55. The summed E-state index contributed by atoms with van der Waals surface area (Å²) in [6.45, 7) is 7.71. The van der Waals surface area contributed by atoms with Gasteiger partial charge in [0.2, 0.25) is 0 Å². The number of H-pyrrole nitrogens is 1. The van der Waals surface area contributed by atoms with Crippen LogP contribution in [0.3, 0.4) is 0 Å². The fourth-order valence-corrected chi connectivity index (χ4v) is 2.45. The minimum Gasteiger partial charge on any atom is -0.361 e. The Labute approximate surface area is 120 Å². The number of hydrogen-bond acceptors (Lipinski definition) is 1. The van der Waals surface area contributed by atoms with Crippen molar-refractivity contribution < 1.29 is 0 Å². The van der Waals surface area contributed by atoms with Crippen LogP contribution in [0.15, 0.2) is 24.4 Å². The van der Waals surface area contributed by atoms with Gasteiger partial charge in [-0.1, -0.05) is 31.5 Å². The van der Waals surface area contributed by atoms with Gasteiger partial charge in [-0.2, -0.15) is 0 Å². The van der Waals surface area contributed by atoms with Gasteiger partial charge >= 0.3 is 0 Å². The van der Waals surface area contributed by atoms with Crippen LogP contribution >= 0.6 is 11.6 Å². The lowest BCUT2D eigenvalue weighted by molar-refractivity contribution is 0.451. The average molecular weight is 279 g/mol. The van der Waals surface area contributed by atoms with Gasteiger partial charge in [0.05, 0.1) is 0 Å². The zero-order valence-corrected chi connectivity index (χ0v) is 12.7. The number of hydrogen-bond donors (Lipinski definition) is 2. The first kappa shape index (κ1) is 14.4.